The van der Waals surface area contributed by atoms with Crippen molar-refractivity contribution in [3.63, 3.8) is 0 Å². The molecule has 1 aliphatic rings. The summed E-state index contributed by atoms with van der Waals surface area (Å²) in [6.07, 6.45) is 2.83. The topological polar surface area (TPSA) is 3.24 Å². The van der Waals surface area contributed by atoms with Crippen LogP contribution in [0.4, 0.5) is 0 Å². The molecule has 0 saturated carbocycles. The molecule has 0 bridgehead atoms. The van der Waals surface area contributed by atoms with Crippen LogP contribution in [0.5, 0.6) is 0 Å². The van der Waals surface area contributed by atoms with Crippen molar-refractivity contribution in [3.8, 4) is 11.8 Å². The van der Waals surface area contributed by atoms with Gasteiger partial charge in [-0.15, -0.1) is 11.8 Å². The van der Waals surface area contributed by atoms with Crippen LogP contribution in [0.15, 0.2) is 0 Å². The van der Waals surface area contributed by atoms with E-state index >= 15 is 0 Å². The van der Waals surface area contributed by atoms with Gasteiger partial charge >= 0.3 is 0 Å². The van der Waals surface area contributed by atoms with Crippen molar-refractivity contribution < 1.29 is 0 Å². The molecule has 1 saturated heterocycles. The van der Waals surface area contributed by atoms with Crippen molar-refractivity contribution in [1.82, 2.24) is 4.90 Å². The van der Waals surface area contributed by atoms with E-state index in [-0.39, 0.29) is 0 Å². The van der Waals surface area contributed by atoms with Gasteiger partial charge in [-0.25, -0.2) is 0 Å². The van der Waals surface area contributed by atoms with E-state index in [2.05, 4.69) is 23.8 Å². The average molecular weight is 139 g/mol. The summed E-state index contributed by atoms with van der Waals surface area (Å²) in [7, 11) is 2.17. The zero-order valence-electron chi connectivity index (χ0n) is 7.28. The normalized spacial score (nSPS) is 16.7. The Morgan fingerprint density at radius 1 is 1.00 bits per heavy atom. The van der Waals surface area contributed by atoms with E-state index in [1.807, 2.05) is 13.8 Å². The Morgan fingerprint density at radius 3 is 1.50 bits per heavy atom. The van der Waals surface area contributed by atoms with Gasteiger partial charge in [0.05, 0.1) is 0 Å². The van der Waals surface area contributed by atoms with Gasteiger partial charge in [0.2, 0.25) is 0 Å². The second-order valence-electron chi connectivity index (χ2n) is 2.51. The number of hydrogen-bond acceptors (Lipinski definition) is 1. The van der Waals surface area contributed by atoms with Gasteiger partial charge in [0, 0.05) is 0 Å². The maximum atomic E-state index is 2.68. The highest BCUT2D eigenvalue weighted by Crippen LogP contribution is 2.01. The van der Waals surface area contributed by atoms with Crippen LogP contribution < -0.4 is 0 Å². The van der Waals surface area contributed by atoms with Crippen LogP contribution in [0.1, 0.15) is 26.7 Å². The number of nitrogens with zero attached hydrogens (tertiary/aromatic N) is 1. The standard InChI is InChI=1S/C5H11N.C4H6/c1-6-4-2-3-5-6;1-3-4-2/h2-5H2,1H3;1-2H3. The molecule has 1 rings (SSSR count). The lowest BCUT2D eigenvalue weighted by atomic mass is 10.4. The maximum Gasteiger partial charge on any atom is -0.00213 e. The van der Waals surface area contributed by atoms with Crippen molar-refractivity contribution in [2.75, 3.05) is 20.1 Å². The molecule has 1 aliphatic heterocycles. The fourth-order valence-electron chi connectivity index (χ4n) is 0.875. The zero-order chi connectivity index (χ0) is 7.82. The Bertz CT molecular complexity index is 106. The monoisotopic (exact) mass is 139 g/mol. The van der Waals surface area contributed by atoms with Crippen LogP contribution >= 0.6 is 0 Å². The summed E-state index contributed by atoms with van der Waals surface area (Å²) in [6.45, 7) is 6.28. The van der Waals surface area contributed by atoms with Gasteiger partial charge in [0.25, 0.3) is 0 Å². The minimum atomic E-state index is 1.32. The molecule has 0 aromatic heterocycles. The summed E-state index contributed by atoms with van der Waals surface area (Å²) >= 11 is 0. The van der Waals surface area contributed by atoms with Crippen LogP contribution in [0, 0.1) is 11.8 Å². The number of likely N-dealkylation sites (tertiary alicyclic amines) is 1. The summed E-state index contributed by atoms with van der Waals surface area (Å²) in [5.41, 5.74) is 0. The molecule has 0 N–H and O–H groups in total. The van der Waals surface area contributed by atoms with E-state index < -0.39 is 0 Å². The summed E-state index contributed by atoms with van der Waals surface area (Å²) in [4.78, 5) is 2.36. The van der Waals surface area contributed by atoms with Crippen molar-refractivity contribution in [3.05, 3.63) is 0 Å². The maximum absolute atomic E-state index is 2.68. The van der Waals surface area contributed by atoms with Gasteiger partial charge in [-0.05, 0) is 46.8 Å². The molecule has 0 atom stereocenters. The summed E-state index contributed by atoms with van der Waals surface area (Å²) < 4.78 is 0. The van der Waals surface area contributed by atoms with Crippen LogP contribution in [0.2, 0.25) is 0 Å². The highest BCUT2D eigenvalue weighted by atomic mass is 15.1. The van der Waals surface area contributed by atoms with Crippen LogP contribution in [-0.4, -0.2) is 25.0 Å². The fourth-order valence-corrected chi connectivity index (χ4v) is 0.875. The molecule has 0 aromatic carbocycles. The van der Waals surface area contributed by atoms with Gasteiger partial charge in [0.1, 0.15) is 0 Å². The first kappa shape index (κ1) is 9.52. The largest absolute Gasteiger partial charge is 0.306 e. The third kappa shape index (κ3) is 5.65. The lowest BCUT2D eigenvalue weighted by Gasteiger charge is -2.01. The summed E-state index contributed by atoms with van der Waals surface area (Å²) in [6, 6.07) is 0. The van der Waals surface area contributed by atoms with Gasteiger partial charge in [-0.1, -0.05) is 0 Å². The smallest absolute Gasteiger partial charge is 0.00213 e. The van der Waals surface area contributed by atoms with Crippen molar-refractivity contribution in [2.24, 2.45) is 0 Å². The van der Waals surface area contributed by atoms with E-state index in [0.29, 0.717) is 0 Å². The molecule has 1 heterocycles. The van der Waals surface area contributed by atoms with E-state index in [0.717, 1.165) is 0 Å². The second kappa shape index (κ2) is 6.64. The molecular weight excluding hydrogens is 122 g/mol. The zero-order valence-corrected chi connectivity index (χ0v) is 7.28. The quantitative estimate of drug-likeness (QED) is 0.462. The van der Waals surface area contributed by atoms with Crippen molar-refractivity contribution in [1.29, 1.82) is 0 Å². The van der Waals surface area contributed by atoms with Crippen LogP contribution in [0.3, 0.4) is 0 Å². The Kier molecular flexibility index (Phi) is 6.32. The highest BCUT2D eigenvalue weighted by molar-refractivity contribution is 4.89. The molecular formula is C9H17N. The second-order valence-corrected chi connectivity index (χ2v) is 2.51. The summed E-state index contributed by atoms with van der Waals surface area (Å²) in [5, 5.41) is 0. The Hall–Kier alpha value is -0.480. The SMILES string of the molecule is CC#CC.CN1CCCC1. The van der Waals surface area contributed by atoms with Gasteiger partial charge < -0.3 is 4.90 Å². The molecule has 0 amide bonds. The molecule has 0 aromatic rings. The fraction of sp³-hybridized carbons (Fsp3) is 0.778. The van der Waals surface area contributed by atoms with Gasteiger partial charge in [0.15, 0.2) is 0 Å². The Balaban J connectivity index is 0.000000180. The molecule has 1 nitrogen and oxygen atoms in total. The Morgan fingerprint density at radius 2 is 1.40 bits per heavy atom. The van der Waals surface area contributed by atoms with Gasteiger partial charge in [-0.3, -0.25) is 0 Å². The first-order chi connectivity index (χ1) is 4.81. The minimum absolute atomic E-state index is 1.32. The molecule has 58 valence electrons. The molecule has 0 aliphatic carbocycles. The van der Waals surface area contributed by atoms with Crippen molar-refractivity contribution >= 4 is 0 Å². The van der Waals surface area contributed by atoms with E-state index in [1.165, 1.54) is 25.9 Å². The van der Waals surface area contributed by atoms with Crippen LogP contribution in [0.25, 0.3) is 0 Å². The van der Waals surface area contributed by atoms with Crippen molar-refractivity contribution in [2.45, 2.75) is 26.7 Å². The third-order valence-corrected chi connectivity index (χ3v) is 1.58. The molecule has 1 fully saturated rings. The number of rotatable bonds is 0. The van der Waals surface area contributed by atoms with E-state index in [4.69, 9.17) is 0 Å². The lowest BCUT2D eigenvalue weighted by molar-refractivity contribution is 0.418. The first-order valence-electron chi connectivity index (χ1n) is 3.83. The Labute approximate surface area is 64.4 Å². The molecule has 1 heteroatoms. The van der Waals surface area contributed by atoms with Crippen LogP contribution in [-0.2, 0) is 0 Å². The highest BCUT2D eigenvalue weighted by Gasteiger charge is 2.03. The predicted octanol–water partition coefficient (Wildman–Crippen LogP) is 1.74. The lowest BCUT2D eigenvalue weighted by Crippen LogP contribution is -2.10. The first-order valence-corrected chi connectivity index (χ1v) is 3.83. The summed E-state index contributed by atoms with van der Waals surface area (Å²) in [5.74, 6) is 5.36. The molecule has 0 radical (unpaired) electrons. The third-order valence-electron chi connectivity index (χ3n) is 1.58. The predicted molar refractivity (Wildman–Crippen MR) is 45.9 cm³/mol. The number of hydrogen-bond donors (Lipinski definition) is 0. The molecule has 0 unspecified atom stereocenters. The van der Waals surface area contributed by atoms with E-state index in [9.17, 15) is 0 Å². The minimum Gasteiger partial charge on any atom is -0.306 e. The molecule has 10 heavy (non-hydrogen) atoms. The van der Waals surface area contributed by atoms with Gasteiger partial charge in [-0.2, -0.15) is 0 Å². The van der Waals surface area contributed by atoms with E-state index in [1.54, 1.807) is 0 Å². The average Bonchev–Trinajstić information content (AvgIpc) is 2.40. The molecule has 0 spiro atoms.